The fourth-order valence-corrected chi connectivity index (χ4v) is 2.51. The molecule has 1 aliphatic rings. The standard InChI is InChI=1S/C11H12ClFN2S/c1-7-5-14-11(16-6-7)15-10-3-8(12)2-9(13)4-10/h2-4,7H,5-6H2,1H3,(H,14,15). The normalized spacial score (nSPS) is 20.4. The molecule has 1 aromatic carbocycles. The van der Waals surface area contributed by atoms with Crippen LogP contribution in [0.1, 0.15) is 6.92 Å². The second-order valence-corrected chi connectivity index (χ2v) is 5.29. The van der Waals surface area contributed by atoms with Crippen LogP contribution in [0.5, 0.6) is 0 Å². The minimum Gasteiger partial charge on any atom is -0.335 e. The highest BCUT2D eigenvalue weighted by Crippen LogP contribution is 2.22. The number of anilines is 1. The van der Waals surface area contributed by atoms with Crippen LogP contribution in [-0.4, -0.2) is 17.5 Å². The van der Waals surface area contributed by atoms with E-state index in [9.17, 15) is 4.39 Å². The van der Waals surface area contributed by atoms with Crippen LogP contribution in [0.2, 0.25) is 5.02 Å². The molecule has 86 valence electrons. The van der Waals surface area contributed by atoms with E-state index in [1.807, 2.05) is 0 Å². The number of nitrogens with zero attached hydrogens (tertiary/aromatic N) is 1. The quantitative estimate of drug-likeness (QED) is 0.832. The summed E-state index contributed by atoms with van der Waals surface area (Å²) in [7, 11) is 0. The number of halogens is 2. The fourth-order valence-electron chi connectivity index (χ4n) is 1.38. The van der Waals surface area contributed by atoms with Gasteiger partial charge in [0.2, 0.25) is 0 Å². The molecule has 1 atom stereocenters. The van der Waals surface area contributed by atoms with E-state index in [0.29, 0.717) is 16.6 Å². The lowest BCUT2D eigenvalue weighted by molar-refractivity contribution is 0.628. The van der Waals surface area contributed by atoms with Crippen LogP contribution in [0.4, 0.5) is 10.1 Å². The maximum absolute atomic E-state index is 13.1. The minimum atomic E-state index is -0.343. The maximum Gasteiger partial charge on any atom is 0.161 e. The van der Waals surface area contributed by atoms with Gasteiger partial charge in [0.05, 0.1) is 0 Å². The molecular formula is C11H12ClFN2S. The number of hydrogen-bond donors (Lipinski definition) is 1. The topological polar surface area (TPSA) is 24.4 Å². The molecule has 0 amide bonds. The van der Waals surface area contributed by atoms with Crippen LogP contribution in [0.15, 0.2) is 23.2 Å². The van der Waals surface area contributed by atoms with Crippen molar-refractivity contribution in [2.75, 3.05) is 17.6 Å². The van der Waals surface area contributed by atoms with Gasteiger partial charge in [0.1, 0.15) is 5.82 Å². The number of thioether (sulfide) groups is 1. The fraction of sp³-hybridized carbons (Fsp3) is 0.364. The van der Waals surface area contributed by atoms with Gasteiger partial charge >= 0.3 is 0 Å². The number of benzene rings is 1. The second-order valence-electron chi connectivity index (χ2n) is 3.85. The van der Waals surface area contributed by atoms with Gasteiger partial charge in [-0.25, -0.2) is 4.39 Å². The SMILES string of the molecule is CC1CN=C(Nc2cc(F)cc(Cl)c2)SC1. The van der Waals surface area contributed by atoms with Gasteiger partial charge in [-0.2, -0.15) is 0 Å². The highest BCUT2D eigenvalue weighted by molar-refractivity contribution is 8.14. The molecule has 0 radical (unpaired) electrons. The van der Waals surface area contributed by atoms with E-state index in [2.05, 4.69) is 17.2 Å². The van der Waals surface area contributed by atoms with E-state index < -0.39 is 0 Å². The van der Waals surface area contributed by atoms with E-state index in [4.69, 9.17) is 11.6 Å². The third kappa shape index (κ3) is 3.12. The predicted octanol–water partition coefficient (Wildman–Crippen LogP) is 3.63. The van der Waals surface area contributed by atoms with Gasteiger partial charge in [0, 0.05) is 23.0 Å². The van der Waals surface area contributed by atoms with E-state index in [0.717, 1.165) is 17.5 Å². The molecule has 1 aliphatic heterocycles. The van der Waals surface area contributed by atoms with Crippen LogP contribution < -0.4 is 5.32 Å². The Morgan fingerprint density at radius 3 is 2.94 bits per heavy atom. The Hall–Kier alpha value is -0.740. The molecule has 1 aromatic rings. The van der Waals surface area contributed by atoms with Crippen molar-refractivity contribution in [2.24, 2.45) is 10.9 Å². The van der Waals surface area contributed by atoms with E-state index >= 15 is 0 Å². The molecule has 0 fully saturated rings. The summed E-state index contributed by atoms with van der Waals surface area (Å²) >= 11 is 7.42. The Kier molecular flexibility index (Phi) is 3.71. The van der Waals surface area contributed by atoms with Gasteiger partial charge in [0.25, 0.3) is 0 Å². The molecule has 5 heteroatoms. The summed E-state index contributed by atoms with van der Waals surface area (Å²) in [6.07, 6.45) is 0. The monoisotopic (exact) mass is 258 g/mol. The van der Waals surface area contributed by atoms with Gasteiger partial charge in [-0.05, 0) is 24.1 Å². The molecule has 16 heavy (non-hydrogen) atoms. The number of rotatable bonds is 1. The van der Waals surface area contributed by atoms with Gasteiger partial charge in [0.15, 0.2) is 5.17 Å². The van der Waals surface area contributed by atoms with Crippen molar-refractivity contribution in [3.05, 3.63) is 29.0 Å². The van der Waals surface area contributed by atoms with Crippen LogP contribution in [0.3, 0.4) is 0 Å². The molecule has 1 heterocycles. The average molecular weight is 259 g/mol. The lowest BCUT2D eigenvalue weighted by atomic mass is 10.2. The Morgan fingerprint density at radius 2 is 2.31 bits per heavy atom. The van der Waals surface area contributed by atoms with Crippen molar-refractivity contribution in [3.8, 4) is 0 Å². The maximum atomic E-state index is 13.1. The zero-order valence-electron chi connectivity index (χ0n) is 8.84. The first-order valence-electron chi connectivity index (χ1n) is 5.04. The third-order valence-corrected chi connectivity index (χ3v) is 3.62. The second kappa shape index (κ2) is 5.06. The van der Waals surface area contributed by atoms with E-state index in [-0.39, 0.29) is 5.82 Å². The first kappa shape index (κ1) is 11.7. The summed E-state index contributed by atoms with van der Waals surface area (Å²) in [6, 6.07) is 4.38. The molecule has 0 aromatic heterocycles. The summed E-state index contributed by atoms with van der Waals surface area (Å²) in [4.78, 5) is 4.37. The Bertz CT molecular complexity index is 402. The van der Waals surface area contributed by atoms with Gasteiger partial charge in [-0.15, -0.1) is 0 Å². The first-order chi connectivity index (χ1) is 7.63. The van der Waals surface area contributed by atoms with Crippen molar-refractivity contribution >= 4 is 34.2 Å². The summed E-state index contributed by atoms with van der Waals surface area (Å²) in [5.41, 5.74) is 0.644. The molecule has 0 saturated heterocycles. The number of hydrogen-bond acceptors (Lipinski definition) is 3. The lowest BCUT2D eigenvalue weighted by Crippen LogP contribution is -2.18. The molecular weight excluding hydrogens is 247 g/mol. The van der Waals surface area contributed by atoms with E-state index in [1.165, 1.54) is 12.1 Å². The molecule has 2 nitrogen and oxygen atoms in total. The first-order valence-corrected chi connectivity index (χ1v) is 6.40. The highest BCUT2D eigenvalue weighted by atomic mass is 35.5. The third-order valence-electron chi connectivity index (χ3n) is 2.16. The molecule has 0 bridgehead atoms. The minimum absolute atomic E-state index is 0.343. The summed E-state index contributed by atoms with van der Waals surface area (Å²) < 4.78 is 13.1. The van der Waals surface area contributed by atoms with Crippen molar-refractivity contribution in [1.29, 1.82) is 0 Å². The molecule has 0 saturated carbocycles. The number of aliphatic imine (C=N–C) groups is 1. The van der Waals surface area contributed by atoms with E-state index in [1.54, 1.807) is 17.8 Å². The zero-order chi connectivity index (χ0) is 11.5. The van der Waals surface area contributed by atoms with Crippen molar-refractivity contribution < 1.29 is 4.39 Å². The largest absolute Gasteiger partial charge is 0.335 e. The smallest absolute Gasteiger partial charge is 0.161 e. The number of nitrogens with one attached hydrogen (secondary N) is 1. The van der Waals surface area contributed by atoms with Crippen LogP contribution in [0.25, 0.3) is 0 Å². The highest BCUT2D eigenvalue weighted by Gasteiger charge is 2.12. The average Bonchev–Trinajstić information content (AvgIpc) is 2.20. The number of amidine groups is 1. The molecule has 0 spiro atoms. The summed E-state index contributed by atoms with van der Waals surface area (Å²) in [6.45, 7) is 2.98. The van der Waals surface area contributed by atoms with Gasteiger partial charge in [-0.3, -0.25) is 4.99 Å². The van der Waals surface area contributed by atoms with Crippen molar-refractivity contribution in [2.45, 2.75) is 6.92 Å². The van der Waals surface area contributed by atoms with Gasteiger partial charge in [-0.1, -0.05) is 30.3 Å². The molecule has 1 N–H and O–H groups in total. The lowest BCUT2D eigenvalue weighted by Gasteiger charge is -2.17. The Labute approximate surface area is 103 Å². The Balaban J connectivity index is 2.09. The molecule has 1 unspecified atom stereocenters. The van der Waals surface area contributed by atoms with Crippen molar-refractivity contribution in [3.63, 3.8) is 0 Å². The summed E-state index contributed by atoms with van der Waals surface area (Å²) in [5.74, 6) is 1.30. The van der Waals surface area contributed by atoms with Crippen LogP contribution in [-0.2, 0) is 0 Å². The van der Waals surface area contributed by atoms with Crippen LogP contribution >= 0.6 is 23.4 Å². The zero-order valence-corrected chi connectivity index (χ0v) is 10.4. The summed E-state index contributed by atoms with van der Waals surface area (Å²) in [5, 5.41) is 4.29. The predicted molar refractivity (Wildman–Crippen MR) is 69.0 cm³/mol. The Morgan fingerprint density at radius 1 is 1.50 bits per heavy atom. The van der Waals surface area contributed by atoms with Gasteiger partial charge < -0.3 is 5.32 Å². The van der Waals surface area contributed by atoms with Crippen molar-refractivity contribution in [1.82, 2.24) is 0 Å². The molecule has 2 rings (SSSR count). The van der Waals surface area contributed by atoms with Crippen LogP contribution in [0, 0.1) is 11.7 Å². The molecule has 0 aliphatic carbocycles.